The maximum Gasteiger partial charge on any atom is 0.325 e. The van der Waals surface area contributed by atoms with Crippen molar-refractivity contribution in [3.05, 3.63) is 70.2 Å². The molecule has 0 bridgehead atoms. The summed E-state index contributed by atoms with van der Waals surface area (Å²) >= 11 is 6.45. The van der Waals surface area contributed by atoms with Crippen LogP contribution >= 0.6 is 11.6 Å². The molecule has 0 aromatic heterocycles. The van der Waals surface area contributed by atoms with Crippen LogP contribution in [-0.4, -0.2) is 66.5 Å². The number of likely N-dealkylation sites (tertiary alicyclic amines) is 1. The molecule has 2 fully saturated rings. The second kappa shape index (κ2) is 10.8. The van der Waals surface area contributed by atoms with Crippen LogP contribution in [-0.2, 0) is 27.2 Å². The summed E-state index contributed by atoms with van der Waals surface area (Å²) in [5, 5.41) is 3.60. The first-order valence-electron chi connectivity index (χ1n) is 12.0. The van der Waals surface area contributed by atoms with Gasteiger partial charge in [-0.1, -0.05) is 54.1 Å². The number of piperidine rings is 1. The van der Waals surface area contributed by atoms with Crippen molar-refractivity contribution in [3.8, 4) is 0 Å². The smallest absolute Gasteiger partial charge is 0.325 e. The zero-order valence-corrected chi connectivity index (χ0v) is 21.0. The highest BCUT2D eigenvalue weighted by molar-refractivity contribution is 6.31. The number of benzene rings is 2. The van der Waals surface area contributed by atoms with Crippen LogP contribution in [0.3, 0.4) is 0 Å². The summed E-state index contributed by atoms with van der Waals surface area (Å²) in [6.45, 7) is 3.56. The van der Waals surface area contributed by atoms with Crippen LogP contribution in [0.15, 0.2) is 48.5 Å². The van der Waals surface area contributed by atoms with Crippen molar-refractivity contribution in [3.63, 3.8) is 0 Å². The van der Waals surface area contributed by atoms with E-state index in [2.05, 4.69) is 5.32 Å². The van der Waals surface area contributed by atoms with E-state index in [-0.39, 0.29) is 30.9 Å². The number of urea groups is 1. The van der Waals surface area contributed by atoms with Gasteiger partial charge in [-0.15, -0.1) is 0 Å². The van der Waals surface area contributed by atoms with Crippen molar-refractivity contribution in [2.75, 3.05) is 33.4 Å². The van der Waals surface area contributed by atoms with E-state index in [4.69, 9.17) is 16.3 Å². The molecule has 35 heavy (non-hydrogen) atoms. The van der Waals surface area contributed by atoms with Crippen molar-refractivity contribution >= 4 is 29.4 Å². The van der Waals surface area contributed by atoms with Crippen LogP contribution in [0, 0.1) is 12.8 Å². The third kappa shape index (κ3) is 5.21. The molecule has 186 valence electrons. The summed E-state index contributed by atoms with van der Waals surface area (Å²) in [5.41, 5.74) is 1.85. The lowest BCUT2D eigenvalue weighted by atomic mass is 9.73. The first-order chi connectivity index (χ1) is 16.9. The second-order valence-electron chi connectivity index (χ2n) is 9.38. The summed E-state index contributed by atoms with van der Waals surface area (Å²) in [7, 11) is 1.54. The molecule has 2 saturated heterocycles. The molecule has 1 N–H and O–H groups in total. The topological polar surface area (TPSA) is 79.0 Å². The molecule has 0 spiro atoms. The number of amides is 4. The fourth-order valence-electron chi connectivity index (χ4n) is 5.22. The quantitative estimate of drug-likeness (QED) is 0.565. The molecular weight excluding hydrogens is 466 g/mol. The molecular formula is C27H32ClN3O4. The highest BCUT2D eigenvalue weighted by atomic mass is 35.5. The van der Waals surface area contributed by atoms with Crippen LogP contribution in [0.4, 0.5) is 4.79 Å². The van der Waals surface area contributed by atoms with E-state index in [9.17, 15) is 14.4 Å². The van der Waals surface area contributed by atoms with E-state index in [1.807, 2.05) is 54.3 Å². The van der Waals surface area contributed by atoms with Crippen LogP contribution in [0.25, 0.3) is 0 Å². The molecule has 4 amide bonds. The van der Waals surface area contributed by atoms with Crippen LogP contribution in [0.2, 0.25) is 5.02 Å². The predicted molar refractivity (Wildman–Crippen MR) is 134 cm³/mol. The normalized spacial score (nSPS) is 20.9. The van der Waals surface area contributed by atoms with Gasteiger partial charge in [0.15, 0.2) is 0 Å². The van der Waals surface area contributed by atoms with Gasteiger partial charge in [0.2, 0.25) is 5.91 Å². The monoisotopic (exact) mass is 497 g/mol. The Balaban J connectivity index is 1.52. The van der Waals surface area contributed by atoms with E-state index in [1.165, 1.54) is 4.90 Å². The molecule has 2 aliphatic heterocycles. The number of rotatable bonds is 8. The van der Waals surface area contributed by atoms with Gasteiger partial charge in [0.25, 0.3) is 5.91 Å². The van der Waals surface area contributed by atoms with E-state index in [0.29, 0.717) is 43.8 Å². The third-order valence-corrected chi connectivity index (χ3v) is 7.66. The van der Waals surface area contributed by atoms with Gasteiger partial charge in [-0.05, 0) is 48.4 Å². The third-order valence-electron chi connectivity index (χ3n) is 7.30. The van der Waals surface area contributed by atoms with Crippen LogP contribution < -0.4 is 5.32 Å². The minimum atomic E-state index is -1.10. The number of carbonyl (C=O) groups is 3. The minimum absolute atomic E-state index is 0.0846. The number of nitrogens with one attached hydrogen (secondary N) is 1. The average molecular weight is 498 g/mol. The van der Waals surface area contributed by atoms with E-state index < -0.39 is 11.6 Å². The molecule has 0 radical (unpaired) electrons. The van der Waals surface area contributed by atoms with Crippen molar-refractivity contribution in [2.24, 2.45) is 5.92 Å². The summed E-state index contributed by atoms with van der Waals surface area (Å²) in [5.74, 6) is -0.282. The first-order valence-corrected chi connectivity index (χ1v) is 12.4. The molecule has 1 atom stereocenters. The average Bonchev–Trinajstić information content (AvgIpc) is 3.10. The molecule has 2 aliphatic rings. The van der Waals surface area contributed by atoms with Crippen LogP contribution in [0.5, 0.6) is 0 Å². The Morgan fingerprint density at radius 1 is 1.09 bits per heavy atom. The molecule has 2 aromatic carbocycles. The van der Waals surface area contributed by atoms with Gasteiger partial charge in [0, 0.05) is 31.6 Å². The molecule has 2 heterocycles. The highest BCUT2D eigenvalue weighted by Gasteiger charge is 2.56. The summed E-state index contributed by atoms with van der Waals surface area (Å²) < 4.78 is 5.11. The number of halogens is 1. The maximum absolute atomic E-state index is 13.7. The molecule has 2 aromatic rings. The zero-order chi connectivity index (χ0) is 25.0. The van der Waals surface area contributed by atoms with Crippen LogP contribution in [0.1, 0.15) is 29.5 Å². The van der Waals surface area contributed by atoms with Crippen molar-refractivity contribution < 1.29 is 19.1 Å². The number of methoxy groups -OCH3 is 1. The number of hydrogen-bond donors (Lipinski definition) is 1. The van der Waals surface area contributed by atoms with Crippen molar-refractivity contribution in [2.45, 2.75) is 38.1 Å². The molecule has 0 saturated carbocycles. The van der Waals surface area contributed by atoms with Gasteiger partial charge in [-0.2, -0.15) is 0 Å². The SMILES string of the molecule is COCCN1C(=O)N[C@@](Cc2ccccc2Cl)(C2CCN(C(=O)Cc3ccccc3C)CC2)C1=O. The van der Waals surface area contributed by atoms with Gasteiger partial charge in [0.1, 0.15) is 5.54 Å². The standard InChI is InChI=1S/C27H32ClN3O4/c1-19-7-3-4-8-20(19)17-24(32)30-13-11-22(12-14-30)27(18-21-9-5-6-10-23(21)28)25(33)31(15-16-35-2)26(34)29-27/h3-10,22H,11-18H2,1-2H3,(H,29,34)/t27-/m0/s1. The molecule has 8 heteroatoms. The molecule has 0 aliphatic carbocycles. The van der Waals surface area contributed by atoms with Gasteiger partial charge in [-0.25, -0.2) is 4.79 Å². The van der Waals surface area contributed by atoms with Gasteiger partial charge in [0.05, 0.1) is 19.6 Å². The summed E-state index contributed by atoms with van der Waals surface area (Å²) in [6.07, 6.45) is 1.91. The summed E-state index contributed by atoms with van der Waals surface area (Å²) in [4.78, 5) is 42.7. The zero-order valence-electron chi connectivity index (χ0n) is 20.3. The fraction of sp³-hybridized carbons (Fsp3) is 0.444. The number of carbonyl (C=O) groups excluding carboxylic acids is 3. The Morgan fingerprint density at radius 3 is 2.40 bits per heavy atom. The number of hydrogen-bond acceptors (Lipinski definition) is 4. The minimum Gasteiger partial charge on any atom is -0.383 e. The lowest BCUT2D eigenvalue weighted by Gasteiger charge is -2.41. The van der Waals surface area contributed by atoms with Gasteiger partial charge >= 0.3 is 6.03 Å². The van der Waals surface area contributed by atoms with E-state index in [1.54, 1.807) is 13.2 Å². The highest BCUT2D eigenvalue weighted by Crippen LogP contribution is 2.37. The Kier molecular flexibility index (Phi) is 7.77. The molecule has 7 nitrogen and oxygen atoms in total. The predicted octanol–water partition coefficient (Wildman–Crippen LogP) is 3.61. The number of imide groups is 1. The fourth-order valence-corrected chi connectivity index (χ4v) is 5.42. The Bertz CT molecular complexity index is 1100. The number of aryl methyl sites for hydroxylation is 1. The van der Waals surface area contributed by atoms with E-state index >= 15 is 0 Å². The Labute approximate surface area is 211 Å². The Morgan fingerprint density at radius 2 is 1.74 bits per heavy atom. The number of ether oxygens (including phenoxy) is 1. The second-order valence-corrected chi connectivity index (χ2v) is 9.78. The van der Waals surface area contributed by atoms with Gasteiger partial charge < -0.3 is 15.0 Å². The largest absolute Gasteiger partial charge is 0.383 e. The van der Waals surface area contributed by atoms with E-state index in [0.717, 1.165) is 16.7 Å². The van der Waals surface area contributed by atoms with Crippen molar-refractivity contribution in [1.82, 2.24) is 15.1 Å². The molecule has 0 unspecified atom stereocenters. The lowest BCUT2D eigenvalue weighted by Crippen LogP contribution is -2.58. The maximum atomic E-state index is 13.7. The lowest BCUT2D eigenvalue weighted by molar-refractivity contribution is -0.136. The molecule has 4 rings (SSSR count). The Hall–Kier alpha value is -2.90. The number of nitrogens with zero attached hydrogens (tertiary/aromatic N) is 2. The van der Waals surface area contributed by atoms with Gasteiger partial charge in [-0.3, -0.25) is 14.5 Å². The first kappa shape index (κ1) is 25.2. The summed E-state index contributed by atoms with van der Waals surface area (Å²) in [6, 6.07) is 14.9. The van der Waals surface area contributed by atoms with Crippen molar-refractivity contribution in [1.29, 1.82) is 0 Å².